The van der Waals surface area contributed by atoms with Gasteiger partial charge in [0.15, 0.2) is 10.4 Å². The van der Waals surface area contributed by atoms with Crippen LogP contribution in [-0.2, 0) is 4.79 Å². The fraction of sp³-hybridized carbons (Fsp3) is 0.538. The summed E-state index contributed by atoms with van der Waals surface area (Å²) in [6, 6.07) is 3.14. The maximum Gasteiger partial charge on any atom is 0.308 e. The van der Waals surface area contributed by atoms with Gasteiger partial charge in [-0.15, -0.1) is 0 Å². The SMILES string of the molecule is CC(C)(C)CC(CNC(=O)c1ccc(Br)o1)C(=O)O. The fourth-order valence-electron chi connectivity index (χ4n) is 1.73. The molecule has 0 fully saturated rings. The Bertz CT molecular complexity index is 461. The Balaban J connectivity index is 2.57. The Kier molecular flexibility index (Phi) is 5.17. The van der Waals surface area contributed by atoms with Crippen LogP contribution in [0.2, 0.25) is 0 Å². The normalized spacial score (nSPS) is 13.1. The summed E-state index contributed by atoms with van der Waals surface area (Å²) in [5.74, 6) is -1.77. The molecule has 0 aromatic carbocycles. The van der Waals surface area contributed by atoms with Gasteiger partial charge in [0.2, 0.25) is 0 Å². The van der Waals surface area contributed by atoms with Crippen molar-refractivity contribution in [3.8, 4) is 0 Å². The van der Waals surface area contributed by atoms with E-state index in [4.69, 9.17) is 9.52 Å². The molecule has 0 saturated heterocycles. The zero-order valence-corrected chi connectivity index (χ0v) is 12.8. The second kappa shape index (κ2) is 6.23. The van der Waals surface area contributed by atoms with Gasteiger partial charge >= 0.3 is 5.97 Å². The third-order valence-corrected chi connectivity index (χ3v) is 2.94. The van der Waals surface area contributed by atoms with Crippen LogP contribution >= 0.6 is 15.9 Å². The van der Waals surface area contributed by atoms with Crippen LogP contribution in [0.1, 0.15) is 37.7 Å². The minimum absolute atomic E-state index is 0.0871. The van der Waals surface area contributed by atoms with Crippen molar-refractivity contribution in [2.24, 2.45) is 11.3 Å². The van der Waals surface area contributed by atoms with Crippen LogP contribution < -0.4 is 5.32 Å². The molecule has 0 bridgehead atoms. The van der Waals surface area contributed by atoms with E-state index in [9.17, 15) is 9.59 Å². The molecule has 5 nitrogen and oxygen atoms in total. The maximum atomic E-state index is 11.7. The van der Waals surface area contributed by atoms with Crippen LogP contribution in [0.15, 0.2) is 21.2 Å². The summed E-state index contributed by atoms with van der Waals surface area (Å²) in [5, 5.41) is 11.7. The lowest BCUT2D eigenvalue weighted by Gasteiger charge is -2.23. The van der Waals surface area contributed by atoms with Gasteiger partial charge < -0.3 is 14.8 Å². The number of carbonyl (C=O) groups is 2. The van der Waals surface area contributed by atoms with Crippen molar-refractivity contribution in [3.05, 3.63) is 22.6 Å². The third kappa shape index (κ3) is 5.46. The zero-order chi connectivity index (χ0) is 14.6. The molecule has 0 aliphatic rings. The van der Waals surface area contributed by atoms with E-state index in [1.165, 1.54) is 6.07 Å². The van der Waals surface area contributed by atoms with Gasteiger partial charge in [0.05, 0.1) is 5.92 Å². The number of halogens is 1. The van der Waals surface area contributed by atoms with Crippen molar-refractivity contribution in [2.45, 2.75) is 27.2 Å². The van der Waals surface area contributed by atoms with Gasteiger partial charge in [-0.25, -0.2) is 0 Å². The molecule has 0 aliphatic carbocycles. The van der Waals surface area contributed by atoms with Crippen molar-refractivity contribution in [3.63, 3.8) is 0 Å². The van der Waals surface area contributed by atoms with E-state index in [0.29, 0.717) is 11.1 Å². The average molecular weight is 332 g/mol. The summed E-state index contributed by atoms with van der Waals surface area (Å²) in [7, 11) is 0. The summed E-state index contributed by atoms with van der Waals surface area (Å²) in [6.45, 7) is 5.99. The molecule has 1 heterocycles. The molecule has 0 saturated carbocycles. The summed E-state index contributed by atoms with van der Waals surface area (Å²) in [6.07, 6.45) is 0.491. The highest BCUT2D eigenvalue weighted by atomic mass is 79.9. The Labute approximate surface area is 120 Å². The van der Waals surface area contributed by atoms with Crippen LogP contribution in [-0.4, -0.2) is 23.5 Å². The number of carbonyl (C=O) groups excluding carboxylic acids is 1. The average Bonchev–Trinajstić information content (AvgIpc) is 2.68. The minimum atomic E-state index is -0.907. The Morgan fingerprint density at radius 1 is 1.42 bits per heavy atom. The monoisotopic (exact) mass is 331 g/mol. The van der Waals surface area contributed by atoms with E-state index >= 15 is 0 Å². The number of amides is 1. The van der Waals surface area contributed by atoms with Crippen molar-refractivity contribution < 1.29 is 19.1 Å². The molecule has 1 unspecified atom stereocenters. The first kappa shape index (κ1) is 15.8. The second-order valence-electron chi connectivity index (χ2n) is 5.61. The number of hydrogen-bond acceptors (Lipinski definition) is 3. The number of nitrogens with one attached hydrogen (secondary N) is 1. The van der Waals surface area contributed by atoms with Crippen LogP contribution in [0.3, 0.4) is 0 Å². The van der Waals surface area contributed by atoms with E-state index in [2.05, 4.69) is 21.2 Å². The fourth-order valence-corrected chi connectivity index (χ4v) is 2.03. The van der Waals surface area contributed by atoms with E-state index in [1.807, 2.05) is 20.8 Å². The van der Waals surface area contributed by atoms with Crippen molar-refractivity contribution in [1.29, 1.82) is 0 Å². The van der Waals surface area contributed by atoms with Crippen molar-refractivity contribution in [2.75, 3.05) is 6.54 Å². The first-order chi connectivity index (χ1) is 8.69. The summed E-state index contributed by atoms with van der Waals surface area (Å²) in [5.41, 5.74) is -0.110. The number of carboxylic acids is 1. The van der Waals surface area contributed by atoms with Gasteiger partial charge in [0, 0.05) is 6.54 Å². The van der Waals surface area contributed by atoms with Gasteiger partial charge in [-0.05, 0) is 39.9 Å². The predicted octanol–water partition coefficient (Wildman–Crippen LogP) is 2.91. The lowest BCUT2D eigenvalue weighted by molar-refractivity contribution is -0.142. The highest BCUT2D eigenvalue weighted by molar-refractivity contribution is 9.10. The molecular weight excluding hydrogens is 314 g/mol. The molecule has 0 aliphatic heterocycles. The molecule has 6 heteroatoms. The molecule has 1 aromatic heterocycles. The number of rotatable bonds is 5. The van der Waals surface area contributed by atoms with Crippen LogP contribution in [0.4, 0.5) is 0 Å². The van der Waals surface area contributed by atoms with Crippen molar-refractivity contribution >= 4 is 27.8 Å². The topological polar surface area (TPSA) is 79.5 Å². The Hall–Kier alpha value is -1.30. The molecule has 1 amide bonds. The van der Waals surface area contributed by atoms with Crippen LogP contribution in [0.25, 0.3) is 0 Å². The van der Waals surface area contributed by atoms with Gasteiger partial charge in [-0.3, -0.25) is 9.59 Å². The maximum absolute atomic E-state index is 11.7. The molecular formula is C13H18BrNO4. The summed E-state index contributed by atoms with van der Waals surface area (Å²) >= 11 is 3.10. The number of aliphatic carboxylic acids is 1. The first-order valence-corrected chi connectivity index (χ1v) is 6.75. The molecule has 1 aromatic rings. The number of carboxylic acid groups (broad SMARTS) is 1. The van der Waals surface area contributed by atoms with Gasteiger partial charge in [0.25, 0.3) is 5.91 Å². The molecule has 0 radical (unpaired) electrons. The second-order valence-corrected chi connectivity index (χ2v) is 6.40. The standard InChI is InChI=1S/C13H18BrNO4/c1-13(2,3)6-8(12(17)18)7-15-11(16)9-4-5-10(14)19-9/h4-5,8H,6-7H2,1-3H3,(H,15,16)(H,17,18). The van der Waals surface area contributed by atoms with Crippen molar-refractivity contribution in [1.82, 2.24) is 5.32 Å². The largest absolute Gasteiger partial charge is 0.481 e. The van der Waals surface area contributed by atoms with Crippen LogP contribution in [0, 0.1) is 11.3 Å². The molecule has 2 N–H and O–H groups in total. The molecule has 1 atom stereocenters. The van der Waals surface area contributed by atoms with E-state index in [0.717, 1.165) is 0 Å². The highest BCUT2D eigenvalue weighted by Crippen LogP contribution is 2.24. The Morgan fingerprint density at radius 2 is 2.05 bits per heavy atom. The van der Waals surface area contributed by atoms with E-state index in [1.54, 1.807) is 6.07 Å². The Morgan fingerprint density at radius 3 is 2.47 bits per heavy atom. The molecule has 106 valence electrons. The summed E-state index contributed by atoms with van der Waals surface area (Å²) < 4.78 is 5.56. The third-order valence-electron chi connectivity index (χ3n) is 2.51. The van der Waals surface area contributed by atoms with Gasteiger partial charge in [-0.2, -0.15) is 0 Å². The smallest absolute Gasteiger partial charge is 0.308 e. The predicted molar refractivity (Wildman–Crippen MR) is 73.9 cm³/mol. The minimum Gasteiger partial charge on any atom is -0.481 e. The van der Waals surface area contributed by atoms with E-state index < -0.39 is 17.8 Å². The first-order valence-electron chi connectivity index (χ1n) is 5.95. The lowest BCUT2D eigenvalue weighted by atomic mass is 9.84. The molecule has 19 heavy (non-hydrogen) atoms. The summed E-state index contributed by atoms with van der Waals surface area (Å²) in [4.78, 5) is 22.9. The molecule has 1 rings (SSSR count). The van der Waals surface area contributed by atoms with Gasteiger partial charge in [-0.1, -0.05) is 20.8 Å². The molecule has 0 spiro atoms. The number of hydrogen-bond donors (Lipinski definition) is 2. The number of furan rings is 1. The highest BCUT2D eigenvalue weighted by Gasteiger charge is 2.25. The van der Waals surface area contributed by atoms with Crippen LogP contribution in [0.5, 0.6) is 0 Å². The zero-order valence-electron chi connectivity index (χ0n) is 11.2. The van der Waals surface area contributed by atoms with Gasteiger partial charge in [0.1, 0.15) is 0 Å². The lowest BCUT2D eigenvalue weighted by Crippen LogP contribution is -2.34. The quantitative estimate of drug-likeness (QED) is 0.869. The van der Waals surface area contributed by atoms with E-state index in [-0.39, 0.29) is 17.7 Å².